The summed E-state index contributed by atoms with van der Waals surface area (Å²) in [5, 5.41) is 12.9. The summed E-state index contributed by atoms with van der Waals surface area (Å²) in [5.74, 6) is 0.653. The lowest BCUT2D eigenvalue weighted by molar-refractivity contribution is 0.274. The number of nitrogens with one attached hydrogen (secondary N) is 1. The molecule has 3 nitrogen and oxygen atoms in total. The van der Waals surface area contributed by atoms with E-state index in [1.54, 1.807) is 13.2 Å². The maximum absolute atomic E-state index is 9.08. The minimum absolute atomic E-state index is 0.0725. The lowest BCUT2D eigenvalue weighted by Crippen LogP contribution is -2.02. The zero-order valence-electron chi connectivity index (χ0n) is 9.01. The van der Waals surface area contributed by atoms with Gasteiger partial charge in [-0.05, 0) is 12.5 Å². The topological polar surface area (TPSA) is 41.5 Å². The fraction of sp³-hybridized carbons (Fsp3) is 0.455. The van der Waals surface area contributed by atoms with E-state index in [9.17, 15) is 0 Å². The molecule has 0 radical (unpaired) electrons. The number of aliphatic hydroxyl groups excluding tert-OH is 1. The minimum atomic E-state index is -0.0725. The average molecular weight is 230 g/mol. The third-order valence-electron chi connectivity index (χ3n) is 2.11. The molecule has 0 atom stereocenters. The number of ether oxygens (including phenoxy) is 1. The van der Waals surface area contributed by atoms with Crippen LogP contribution in [-0.2, 0) is 6.61 Å². The van der Waals surface area contributed by atoms with Crippen LogP contribution in [0.25, 0.3) is 0 Å². The lowest BCUT2D eigenvalue weighted by Gasteiger charge is -2.12. The van der Waals surface area contributed by atoms with E-state index < -0.39 is 0 Å². The van der Waals surface area contributed by atoms with E-state index in [0.29, 0.717) is 16.3 Å². The Kier molecular flexibility index (Phi) is 4.72. The highest BCUT2D eigenvalue weighted by Crippen LogP contribution is 2.30. The van der Waals surface area contributed by atoms with Crippen LogP contribution in [0.3, 0.4) is 0 Å². The van der Waals surface area contributed by atoms with Crippen molar-refractivity contribution < 1.29 is 9.84 Å². The van der Waals surface area contributed by atoms with Gasteiger partial charge in [0.05, 0.1) is 24.4 Å². The number of halogens is 1. The number of methoxy groups -OCH3 is 1. The predicted molar refractivity (Wildman–Crippen MR) is 62.7 cm³/mol. The van der Waals surface area contributed by atoms with E-state index in [1.165, 1.54) is 0 Å². The van der Waals surface area contributed by atoms with Crippen molar-refractivity contribution in [2.24, 2.45) is 0 Å². The zero-order valence-corrected chi connectivity index (χ0v) is 9.77. The Morgan fingerprint density at radius 2 is 2.20 bits per heavy atom. The summed E-state index contributed by atoms with van der Waals surface area (Å²) < 4.78 is 5.15. The van der Waals surface area contributed by atoms with Gasteiger partial charge in [0.25, 0.3) is 0 Å². The Balaban J connectivity index is 2.97. The van der Waals surface area contributed by atoms with E-state index in [2.05, 4.69) is 12.2 Å². The molecule has 0 saturated carbocycles. The number of rotatable bonds is 5. The summed E-state index contributed by atoms with van der Waals surface area (Å²) in [6.45, 7) is 2.87. The normalized spacial score (nSPS) is 10.1. The summed E-state index contributed by atoms with van der Waals surface area (Å²) in [5.41, 5.74) is 1.54. The van der Waals surface area contributed by atoms with Crippen molar-refractivity contribution in [1.82, 2.24) is 0 Å². The first-order valence-electron chi connectivity index (χ1n) is 4.94. The van der Waals surface area contributed by atoms with Crippen LogP contribution in [0.1, 0.15) is 18.9 Å². The summed E-state index contributed by atoms with van der Waals surface area (Å²) in [4.78, 5) is 0. The molecule has 1 aromatic rings. The average Bonchev–Trinajstić information content (AvgIpc) is 2.27. The van der Waals surface area contributed by atoms with Gasteiger partial charge in [-0.15, -0.1) is 0 Å². The Labute approximate surface area is 95.0 Å². The molecule has 0 fully saturated rings. The molecule has 0 heterocycles. The molecule has 2 N–H and O–H groups in total. The first kappa shape index (κ1) is 12.1. The van der Waals surface area contributed by atoms with Crippen LogP contribution in [0.2, 0.25) is 5.02 Å². The van der Waals surface area contributed by atoms with E-state index in [1.807, 2.05) is 6.07 Å². The van der Waals surface area contributed by atoms with Gasteiger partial charge in [-0.25, -0.2) is 0 Å². The second-order valence-corrected chi connectivity index (χ2v) is 3.64. The van der Waals surface area contributed by atoms with Crippen LogP contribution in [0.4, 0.5) is 5.69 Å². The standard InChI is InChI=1S/C11H16ClNO2/c1-3-4-13-10-6-11(15-2)8(7-14)5-9(10)12/h5-6,13-14H,3-4,7H2,1-2H3. The summed E-state index contributed by atoms with van der Waals surface area (Å²) in [6, 6.07) is 3.53. The molecule has 4 heteroatoms. The summed E-state index contributed by atoms with van der Waals surface area (Å²) >= 11 is 6.04. The Bertz CT molecular complexity index is 329. The van der Waals surface area contributed by atoms with Gasteiger partial charge < -0.3 is 15.2 Å². The number of hydrogen-bond donors (Lipinski definition) is 2. The molecule has 1 rings (SSSR count). The molecule has 0 aliphatic rings. The lowest BCUT2D eigenvalue weighted by atomic mass is 10.2. The van der Waals surface area contributed by atoms with Crippen LogP contribution in [-0.4, -0.2) is 18.8 Å². The molecule has 0 aliphatic carbocycles. The van der Waals surface area contributed by atoms with E-state index in [0.717, 1.165) is 18.7 Å². The number of benzene rings is 1. The number of anilines is 1. The summed E-state index contributed by atoms with van der Waals surface area (Å²) in [7, 11) is 1.58. The van der Waals surface area contributed by atoms with Gasteiger partial charge in [-0.1, -0.05) is 18.5 Å². The maximum atomic E-state index is 9.08. The van der Waals surface area contributed by atoms with Crippen molar-refractivity contribution >= 4 is 17.3 Å². The molecule has 0 saturated heterocycles. The molecule has 0 spiro atoms. The van der Waals surface area contributed by atoms with E-state index >= 15 is 0 Å². The Hall–Kier alpha value is -0.930. The van der Waals surface area contributed by atoms with Gasteiger partial charge in [-0.2, -0.15) is 0 Å². The van der Waals surface area contributed by atoms with Gasteiger partial charge in [0, 0.05) is 18.2 Å². The zero-order chi connectivity index (χ0) is 11.3. The quantitative estimate of drug-likeness (QED) is 0.816. The Morgan fingerprint density at radius 3 is 2.73 bits per heavy atom. The molecular weight excluding hydrogens is 214 g/mol. The highest BCUT2D eigenvalue weighted by Gasteiger charge is 2.07. The molecule has 0 bridgehead atoms. The molecule has 0 aromatic heterocycles. The molecule has 15 heavy (non-hydrogen) atoms. The van der Waals surface area contributed by atoms with Crippen molar-refractivity contribution in [3.05, 3.63) is 22.7 Å². The van der Waals surface area contributed by atoms with Crippen molar-refractivity contribution in [2.45, 2.75) is 20.0 Å². The van der Waals surface area contributed by atoms with Crippen molar-refractivity contribution in [3.8, 4) is 5.75 Å². The largest absolute Gasteiger partial charge is 0.496 e. The molecule has 0 amide bonds. The Morgan fingerprint density at radius 1 is 1.47 bits per heavy atom. The predicted octanol–water partition coefficient (Wildman–Crippen LogP) is 2.66. The maximum Gasteiger partial charge on any atom is 0.126 e. The van der Waals surface area contributed by atoms with Gasteiger partial charge >= 0.3 is 0 Å². The first-order valence-corrected chi connectivity index (χ1v) is 5.31. The first-order chi connectivity index (χ1) is 7.22. The molecule has 0 aliphatic heterocycles. The van der Waals surface area contributed by atoms with Crippen molar-refractivity contribution in [1.29, 1.82) is 0 Å². The molecule has 0 unspecified atom stereocenters. The highest BCUT2D eigenvalue weighted by molar-refractivity contribution is 6.33. The SMILES string of the molecule is CCCNc1cc(OC)c(CO)cc1Cl. The van der Waals surface area contributed by atoms with Gasteiger partial charge in [0.2, 0.25) is 0 Å². The van der Waals surface area contributed by atoms with Gasteiger partial charge in [0.15, 0.2) is 0 Å². The van der Waals surface area contributed by atoms with Crippen LogP contribution >= 0.6 is 11.6 Å². The van der Waals surface area contributed by atoms with E-state index in [-0.39, 0.29) is 6.61 Å². The van der Waals surface area contributed by atoms with Crippen LogP contribution in [0, 0.1) is 0 Å². The molecular formula is C11H16ClNO2. The number of hydrogen-bond acceptors (Lipinski definition) is 3. The molecule has 84 valence electrons. The van der Waals surface area contributed by atoms with E-state index in [4.69, 9.17) is 21.4 Å². The number of aliphatic hydroxyl groups is 1. The third-order valence-corrected chi connectivity index (χ3v) is 2.42. The summed E-state index contributed by atoms with van der Waals surface area (Å²) in [6.07, 6.45) is 1.03. The monoisotopic (exact) mass is 229 g/mol. The smallest absolute Gasteiger partial charge is 0.126 e. The van der Waals surface area contributed by atoms with Gasteiger partial charge in [-0.3, -0.25) is 0 Å². The van der Waals surface area contributed by atoms with Crippen LogP contribution < -0.4 is 10.1 Å². The second kappa shape index (κ2) is 5.83. The van der Waals surface area contributed by atoms with Crippen LogP contribution in [0.5, 0.6) is 5.75 Å². The van der Waals surface area contributed by atoms with Crippen molar-refractivity contribution in [2.75, 3.05) is 19.0 Å². The van der Waals surface area contributed by atoms with Gasteiger partial charge in [0.1, 0.15) is 5.75 Å². The third kappa shape index (κ3) is 3.01. The molecule has 1 aromatic carbocycles. The minimum Gasteiger partial charge on any atom is -0.496 e. The van der Waals surface area contributed by atoms with Crippen LogP contribution in [0.15, 0.2) is 12.1 Å². The fourth-order valence-corrected chi connectivity index (χ4v) is 1.56. The second-order valence-electron chi connectivity index (χ2n) is 3.23. The fourth-order valence-electron chi connectivity index (χ4n) is 1.30. The highest BCUT2D eigenvalue weighted by atomic mass is 35.5. The van der Waals surface area contributed by atoms with Crippen molar-refractivity contribution in [3.63, 3.8) is 0 Å².